The fourth-order valence-corrected chi connectivity index (χ4v) is 3.39. The summed E-state index contributed by atoms with van der Waals surface area (Å²) in [6.45, 7) is 1.32. The number of nitrogens with one attached hydrogen (secondary N) is 1. The second-order valence-corrected chi connectivity index (χ2v) is 6.71. The van der Waals surface area contributed by atoms with Crippen LogP contribution in [0.15, 0.2) is 48.5 Å². The maximum atomic E-state index is 12.6. The quantitative estimate of drug-likeness (QED) is 0.874. The monoisotopic (exact) mass is 334 g/mol. The molecule has 1 saturated carbocycles. The summed E-state index contributed by atoms with van der Waals surface area (Å²) in [6.07, 6.45) is 3.38. The van der Waals surface area contributed by atoms with Gasteiger partial charge in [-0.15, -0.1) is 0 Å². The molecule has 0 radical (unpaired) electrons. The summed E-state index contributed by atoms with van der Waals surface area (Å²) in [5, 5.41) is 12.3. The largest absolute Gasteiger partial charge is 0.384 e. The molecule has 1 amide bonds. The lowest BCUT2D eigenvalue weighted by atomic mass is 9.69. The highest BCUT2D eigenvalue weighted by Gasteiger charge is 2.37. The van der Waals surface area contributed by atoms with Gasteiger partial charge in [-0.05, 0) is 42.2 Å². The molecule has 0 aliphatic heterocycles. The number of ether oxygens (including phenoxy) is 1. The van der Waals surface area contributed by atoms with Gasteiger partial charge in [-0.3, -0.25) is 4.79 Å². The van der Waals surface area contributed by atoms with Crippen LogP contribution < -0.4 is 5.32 Å². The van der Waals surface area contributed by atoms with E-state index >= 15 is 0 Å². The molecule has 0 atom stereocenters. The van der Waals surface area contributed by atoms with Gasteiger partial charge in [-0.25, -0.2) is 0 Å². The molecule has 2 aromatic carbocycles. The third-order valence-electron chi connectivity index (χ3n) is 4.97. The number of nitrogens with zero attached hydrogens (tertiary/aromatic N) is 1. The van der Waals surface area contributed by atoms with E-state index in [4.69, 9.17) is 4.74 Å². The van der Waals surface area contributed by atoms with E-state index in [0.717, 1.165) is 24.0 Å². The molecular formula is C21H22N2O2. The lowest BCUT2D eigenvalue weighted by Crippen LogP contribution is -2.45. The van der Waals surface area contributed by atoms with E-state index in [1.807, 2.05) is 36.4 Å². The van der Waals surface area contributed by atoms with E-state index in [1.165, 1.54) is 6.42 Å². The average molecular weight is 334 g/mol. The summed E-state index contributed by atoms with van der Waals surface area (Å²) in [5.74, 6) is -0.0846. The number of benzene rings is 2. The molecule has 4 nitrogen and oxygen atoms in total. The molecule has 25 heavy (non-hydrogen) atoms. The highest BCUT2D eigenvalue weighted by molar-refractivity contribution is 5.95. The van der Waals surface area contributed by atoms with Crippen LogP contribution >= 0.6 is 0 Å². The molecule has 1 aliphatic carbocycles. The smallest absolute Gasteiger partial charge is 0.251 e. The molecule has 0 unspecified atom stereocenters. The van der Waals surface area contributed by atoms with Crippen molar-refractivity contribution in [2.24, 2.45) is 5.41 Å². The van der Waals surface area contributed by atoms with Gasteiger partial charge in [0.2, 0.25) is 0 Å². The first-order chi connectivity index (χ1) is 12.2. The summed E-state index contributed by atoms with van der Waals surface area (Å²) < 4.78 is 5.31. The third kappa shape index (κ3) is 3.72. The topological polar surface area (TPSA) is 62.1 Å². The average Bonchev–Trinajstić information content (AvgIpc) is 2.63. The van der Waals surface area contributed by atoms with Gasteiger partial charge in [0.05, 0.1) is 18.2 Å². The highest BCUT2D eigenvalue weighted by atomic mass is 16.5. The van der Waals surface area contributed by atoms with Gasteiger partial charge >= 0.3 is 0 Å². The van der Waals surface area contributed by atoms with E-state index in [2.05, 4.69) is 11.4 Å². The minimum atomic E-state index is -0.0846. The molecule has 3 rings (SSSR count). The Morgan fingerprint density at radius 3 is 2.72 bits per heavy atom. The second-order valence-electron chi connectivity index (χ2n) is 6.71. The predicted octanol–water partition coefficient (Wildman–Crippen LogP) is 3.77. The van der Waals surface area contributed by atoms with Crippen molar-refractivity contribution >= 4 is 5.91 Å². The van der Waals surface area contributed by atoms with Crippen molar-refractivity contribution in [1.82, 2.24) is 5.32 Å². The Labute approximate surface area is 148 Å². The van der Waals surface area contributed by atoms with Gasteiger partial charge in [0.25, 0.3) is 5.91 Å². The molecule has 2 aromatic rings. The van der Waals surface area contributed by atoms with Crippen LogP contribution in [-0.2, 0) is 4.74 Å². The third-order valence-corrected chi connectivity index (χ3v) is 4.97. The van der Waals surface area contributed by atoms with E-state index in [-0.39, 0.29) is 11.3 Å². The van der Waals surface area contributed by atoms with Crippen LogP contribution in [-0.4, -0.2) is 26.2 Å². The van der Waals surface area contributed by atoms with Crippen molar-refractivity contribution < 1.29 is 9.53 Å². The van der Waals surface area contributed by atoms with Crippen molar-refractivity contribution in [2.75, 3.05) is 20.3 Å². The Morgan fingerprint density at radius 2 is 2.04 bits per heavy atom. The van der Waals surface area contributed by atoms with Crippen LogP contribution in [0.4, 0.5) is 0 Å². The van der Waals surface area contributed by atoms with Crippen LogP contribution in [0.2, 0.25) is 0 Å². The van der Waals surface area contributed by atoms with Crippen molar-refractivity contribution in [3.63, 3.8) is 0 Å². The molecule has 0 spiro atoms. The zero-order valence-corrected chi connectivity index (χ0v) is 14.4. The minimum absolute atomic E-state index is 0.0846. The van der Waals surface area contributed by atoms with Crippen LogP contribution in [0.1, 0.15) is 35.2 Å². The fourth-order valence-electron chi connectivity index (χ4n) is 3.39. The number of hydrogen-bond donors (Lipinski definition) is 1. The highest BCUT2D eigenvalue weighted by Crippen LogP contribution is 2.40. The first-order valence-electron chi connectivity index (χ1n) is 8.54. The van der Waals surface area contributed by atoms with Crippen LogP contribution in [0, 0.1) is 16.7 Å². The van der Waals surface area contributed by atoms with E-state index < -0.39 is 0 Å². The maximum Gasteiger partial charge on any atom is 0.251 e. The van der Waals surface area contributed by atoms with Crippen molar-refractivity contribution in [3.8, 4) is 17.2 Å². The number of carbonyl (C=O) groups excluding carboxylic acids is 1. The SMILES string of the molecule is COCC1(CNC(=O)c2cccc(-c3ccccc3C#N)c2)CCC1. The Hall–Kier alpha value is -2.64. The zero-order valence-electron chi connectivity index (χ0n) is 14.4. The molecule has 4 heteroatoms. The van der Waals surface area contributed by atoms with Gasteiger partial charge in [-0.2, -0.15) is 5.26 Å². The number of rotatable bonds is 6. The predicted molar refractivity (Wildman–Crippen MR) is 97.1 cm³/mol. The normalized spacial score (nSPS) is 15.0. The minimum Gasteiger partial charge on any atom is -0.384 e. The second kappa shape index (κ2) is 7.50. The van der Waals surface area contributed by atoms with E-state index in [9.17, 15) is 10.1 Å². The molecule has 0 aromatic heterocycles. The van der Waals surface area contributed by atoms with E-state index in [1.54, 1.807) is 19.2 Å². The Bertz CT molecular complexity index is 804. The molecule has 0 bridgehead atoms. The first-order valence-corrected chi connectivity index (χ1v) is 8.54. The molecule has 1 fully saturated rings. The number of hydrogen-bond acceptors (Lipinski definition) is 3. The van der Waals surface area contributed by atoms with Crippen LogP contribution in [0.5, 0.6) is 0 Å². The Kier molecular flexibility index (Phi) is 5.16. The Morgan fingerprint density at radius 1 is 1.24 bits per heavy atom. The summed E-state index contributed by atoms with van der Waals surface area (Å²) in [4.78, 5) is 12.6. The maximum absolute atomic E-state index is 12.6. The molecule has 1 N–H and O–H groups in total. The van der Waals surface area contributed by atoms with Crippen molar-refractivity contribution in [2.45, 2.75) is 19.3 Å². The fraction of sp³-hybridized carbons (Fsp3) is 0.333. The van der Waals surface area contributed by atoms with E-state index in [0.29, 0.717) is 24.3 Å². The van der Waals surface area contributed by atoms with Gasteiger partial charge < -0.3 is 10.1 Å². The zero-order chi connectivity index (χ0) is 17.7. The number of nitriles is 1. The van der Waals surface area contributed by atoms with Crippen molar-refractivity contribution in [3.05, 3.63) is 59.7 Å². The molecule has 0 heterocycles. The van der Waals surface area contributed by atoms with Gasteiger partial charge in [-0.1, -0.05) is 36.8 Å². The molecule has 0 saturated heterocycles. The number of carbonyl (C=O) groups is 1. The molecule has 128 valence electrons. The summed E-state index contributed by atoms with van der Waals surface area (Å²) in [6, 6.07) is 17.0. The van der Waals surface area contributed by atoms with Crippen LogP contribution in [0.25, 0.3) is 11.1 Å². The summed E-state index contributed by atoms with van der Waals surface area (Å²) in [5.41, 5.74) is 3.02. The number of methoxy groups -OCH3 is 1. The lowest BCUT2D eigenvalue weighted by molar-refractivity contribution is 0.0180. The number of amides is 1. The lowest BCUT2D eigenvalue weighted by Gasteiger charge is -2.41. The first kappa shape index (κ1) is 17.2. The van der Waals surface area contributed by atoms with Gasteiger partial charge in [0, 0.05) is 24.6 Å². The van der Waals surface area contributed by atoms with Gasteiger partial charge in [0.1, 0.15) is 0 Å². The Balaban J connectivity index is 1.75. The van der Waals surface area contributed by atoms with Crippen LogP contribution in [0.3, 0.4) is 0 Å². The van der Waals surface area contributed by atoms with Crippen molar-refractivity contribution in [1.29, 1.82) is 5.26 Å². The summed E-state index contributed by atoms with van der Waals surface area (Å²) in [7, 11) is 1.71. The molecular weight excluding hydrogens is 312 g/mol. The summed E-state index contributed by atoms with van der Waals surface area (Å²) >= 11 is 0. The standard InChI is InChI=1S/C21H22N2O2/c1-25-15-21(10-5-11-21)14-23-20(24)17-8-4-7-16(12-17)19-9-3-2-6-18(19)13-22/h2-4,6-9,12H,5,10-11,14-15H2,1H3,(H,23,24). The molecule has 1 aliphatic rings. The van der Waals surface area contributed by atoms with Gasteiger partial charge in [0.15, 0.2) is 0 Å².